The Bertz CT molecular complexity index is 837. The average Bonchev–Trinajstić information content (AvgIpc) is 3.36. The molecule has 1 heterocycles. The number of epoxide rings is 1. The minimum atomic E-state index is -3.66. The second-order valence-electron chi connectivity index (χ2n) is 7.11. The predicted molar refractivity (Wildman–Crippen MR) is 97.6 cm³/mol. The minimum Gasteiger partial charge on any atom is -0.490 e. The van der Waals surface area contributed by atoms with Gasteiger partial charge in [0.25, 0.3) is 10.0 Å². The summed E-state index contributed by atoms with van der Waals surface area (Å²) in [5.74, 6) is 0.677. The number of hydrogen-bond donors (Lipinski definition) is 1. The molecule has 6 heteroatoms. The second-order valence-corrected chi connectivity index (χ2v) is 8.80. The van der Waals surface area contributed by atoms with Gasteiger partial charge in [0.05, 0.1) is 17.2 Å². The lowest BCUT2D eigenvalue weighted by Gasteiger charge is -2.26. The Kier molecular flexibility index (Phi) is 4.75. The molecule has 1 aliphatic heterocycles. The molecule has 0 radical (unpaired) electrons. The van der Waals surface area contributed by atoms with Crippen molar-refractivity contribution in [2.75, 3.05) is 17.9 Å². The average molecular weight is 361 g/mol. The summed E-state index contributed by atoms with van der Waals surface area (Å²) in [6.07, 6.45) is 0.137. The first-order chi connectivity index (χ1) is 11.8. The Morgan fingerprint density at radius 2 is 1.80 bits per heavy atom. The van der Waals surface area contributed by atoms with E-state index < -0.39 is 10.0 Å². The molecule has 3 rings (SSSR count). The van der Waals surface area contributed by atoms with E-state index in [4.69, 9.17) is 9.47 Å². The number of sulfonamides is 1. The van der Waals surface area contributed by atoms with E-state index in [0.29, 0.717) is 24.7 Å². The summed E-state index contributed by atoms with van der Waals surface area (Å²) >= 11 is 0. The Hall–Kier alpha value is -2.05. The van der Waals surface area contributed by atoms with Gasteiger partial charge in [0.1, 0.15) is 18.5 Å². The van der Waals surface area contributed by atoms with Crippen LogP contribution in [-0.4, -0.2) is 27.7 Å². The van der Waals surface area contributed by atoms with Crippen LogP contribution >= 0.6 is 0 Å². The quantitative estimate of drug-likeness (QED) is 0.799. The van der Waals surface area contributed by atoms with Crippen molar-refractivity contribution >= 4 is 15.7 Å². The third kappa shape index (κ3) is 4.32. The lowest BCUT2D eigenvalue weighted by Crippen LogP contribution is -2.21. The molecule has 1 saturated heterocycles. The maximum absolute atomic E-state index is 12.7. The van der Waals surface area contributed by atoms with Crippen molar-refractivity contribution in [3.8, 4) is 5.75 Å². The van der Waals surface area contributed by atoms with Crippen LogP contribution in [0.2, 0.25) is 0 Å². The van der Waals surface area contributed by atoms with Crippen molar-refractivity contribution in [2.45, 2.75) is 37.2 Å². The summed E-state index contributed by atoms with van der Waals surface area (Å²) in [6.45, 7) is 7.28. The molecule has 0 aromatic heterocycles. The van der Waals surface area contributed by atoms with Gasteiger partial charge in [-0.15, -0.1) is 0 Å². The standard InChI is InChI=1S/C19H23NO4S/c1-19(2,3)18-16(10-7-11-17(18)24-13-14-12-23-14)20-25(21,22)15-8-5-4-6-9-15/h4-11,14,20H,12-13H2,1-3H3. The summed E-state index contributed by atoms with van der Waals surface area (Å²) in [4.78, 5) is 0.229. The first-order valence-electron chi connectivity index (χ1n) is 8.23. The summed E-state index contributed by atoms with van der Waals surface area (Å²) in [5.41, 5.74) is 1.07. The number of hydrogen-bond acceptors (Lipinski definition) is 4. The van der Waals surface area contributed by atoms with Crippen LogP contribution in [0.3, 0.4) is 0 Å². The van der Waals surface area contributed by atoms with Gasteiger partial charge < -0.3 is 9.47 Å². The molecule has 134 valence electrons. The van der Waals surface area contributed by atoms with Crippen LogP contribution in [0.25, 0.3) is 0 Å². The van der Waals surface area contributed by atoms with Gasteiger partial charge in [-0.05, 0) is 29.7 Å². The van der Waals surface area contributed by atoms with Gasteiger partial charge in [-0.1, -0.05) is 45.0 Å². The van der Waals surface area contributed by atoms with Crippen molar-refractivity contribution in [3.63, 3.8) is 0 Å². The summed E-state index contributed by atoms with van der Waals surface area (Å²) in [7, 11) is -3.66. The largest absolute Gasteiger partial charge is 0.490 e. The van der Waals surface area contributed by atoms with Crippen LogP contribution in [-0.2, 0) is 20.2 Å². The molecule has 1 N–H and O–H groups in total. The Balaban J connectivity index is 1.96. The molecule has 0 bridgehead atoms. The van der Waals surface area contributed by atoms with Crippen LogP contribution in [0.5, 0.6) is 5.75 Å². The van der Waals surface area contributed by atoms with Crippen LogP contribution in [0, 0.1) is 0 Å². The lowest BCUT2D eigenvalue weighted by molar-refractivity contribution is 0.258. The Morgan fingerprint density at radius 1 is 1.12 bits per heavy atom. The van der Waals surface area contributed by atoms with Crippen molar-refractivity contribution in [1.82, 2.24) is 0 Å². The molecular weight excluding hydrogens is 338 g/mol. The topological polar surface area (TPSA) is 67.9 Å². The highest BCUT2D eigenvalue weighted by atomic mass is 32.2. The van der Waals surface area contributed by atoms with Gasteiger partial charge in [0.15, 0.2) is 0 Å². The predicted octanol–water partition coefficient (Wildman–Crippen LogP) is 3.56. The molecule has 5 nitrogen and oxygen atoms in total. The minimum absolute atomic E-state index is 0.137. The zero-order valence-corrected chi connectivity index (χ0v) is 15.5. The molecule has 0 spiro atoms. The zero-order valence-electron chi connectivity index (χ0n) is 14.7. The van der Waals surface area contributed by atoms with Gasteiger partial charge in [-0.3, -0.25) is 4.72 Å². The molecule has 1 aliphatic rings. The molecule has 0 saturated carbocycles. The molecule has 2 aromatic carbocycles. The molecule has 2 aromatic rings. The zero-order chi connectivity index (χ0) is 18.1. The number of anilines is 1. The van der Waals surface area contributed by atoms with Crippen LogP contribution in [0.15, 0.2) is 53.4 Å². The molecule has 1 atom stereocenters. The second kappa shape index (κ2) is 6.69. The summed E-state index contributed by atoms with van der Waals surface area (Å²) < 4.78 is 39.2. The van der Waals surface area contributed by atoms with E-state index in [1.807, 2.05) is 26.8 Å². The number of ether oxygens (including phenoxy) is 2. The van der Waals surface area contributed by atoms with Gasteiger partial charge in [-0.2, -0.15) is 0 Å². The molecule has 1 fully saturated rings. The third-order valence-electron chi connectivity index (χ3n) is 3.90. The summed E-state index contributed by atoms with van der Waals surface area (Å²) in [6, 6.07) is 13.8. The first kappa shape index (κ1) is 17.8. The van der Waals surface area contributed by atoms with Gasteiger partial charge >= 0.3 is 0 Å². The SMILES string of the molecule is CC(C)(C)c1c(NS(=O)(=O)c2ccccc2)cccc1OCC1CO1. The van der Waals surface area contributed by atoms with Crippen LogP contribution in [0.4, 0.5) is 5.69 Å². The van der Waals surface area contributed by atoms with E-state index in [1.54, 1.807) is 42.5 Å². The number of benzene rings is 2. The van der Waals surface area contributed by atoms with E-state index in [0.717, 1.165) is 5.56 Å². The van der Waals surface area contributed by atoms with Gasteiger partial charge in [-0.25, -0.2) is 8.42 Å². The third-order valence-corrected chi connectivity index (χ3v) is 5.28. The van der Waals surface area contributed by atoms with E-state index in [9.17, 15) is 8.42 Å². The first-order valence-corrected chi connectivity index (χ1v) is 9.71. The van der Waals surface area contributed by atoms with E-state index in [1.165, 1.54) is 0 Å². The molecular formula is C19H23NO4S. The normalized spacial score (nSPS) is 17.2. The van der Waals surface area contributed by atoms with Crippen LogP contribution < -0.4 is 9.46 Å². The highest BCUT2D eigenvalue weighted by Crippen LogP contribution is 2.38. The number of rotatable bonds is 6. The monoisotopic (exact) mass is 361 g/mol. The fourth-order valence-electron chi connectivity index (χ4n) is 2.66. The fourth-order valence-corrected chi connectivity index (χ4v) is 3.75. The molecule has 1 unspecified atom stereocenters. The maximum Gasteiger partial charge on any atom is 0.261 e. The molecule has 25 heavy (non-hydrogen) atoms. The van der Waals surface area contributed by atoms with Gasteiger partial charge in [0, 0.05) is 5.56 Å². The fraction of sp³-hybridized carbons (Fsp3) is 0.368. The molecule has 0 aliphatic carbocycles. The van der Waals surface area contributed by atoms with Crippen molar-refractivity contribution < 1.29 is 17.9 Å². The van der Waals surface area contributed by atoms with Gasteiger partial charge in [0.2, 0.25) is 0 Å². The Labute approximate surface area is 149 Å². The lowest BCUT2D eigenvalue weighted by atomic mass is 9.85. The maximum atomic E-state index is 12.7. The summed E-state index contributed by atoms with van der Waals surface area (Å²) in [5, 5.41) is 0. The smallest absolute Gasteiger partial charge is 0.261 e. The highest BCUT2D eigenvalue weighted by Gasteiger charge is 2.28. The van der Waals surface area contributed by atoms with Crippen molar-refractivity contribution in [3.05, 3.63) is 54.1 Å². The van der Waals surface area contributed by atoms with E-state index in [-0.39, 0.29) is 16.4 Å². The Morgan fingerprint density at radius 3 is 2.40 bits per heavy atom. The van der Waals surface area contributed by atoms with Crippen LogP contribution in [0.1, 0.15) is 26.3 Å². The van der Waals surface area contributed by atoms with Crippen molar-refractivity contribution in [2.24, 2.45) is 0 Å². The van der Waals surface area contributed by atoms with Crippen molar-refractivity contribution in [1.29, 1.82) is 0 Å². The highest BCUT2D eigenvalue weighted by molar-refractivity contribution is 7.92. The van der Waals surface area contributed by atoms with E-state index >= 15 is 0 Å². The number of nitrogens with one attached hydrogen (secondary N) is 1. The van der Waals surface area contributed by atoms with E-state index in [2.05, 4.69) is 4.72 Å². The molecule has 0 amide bonds.